The summed E-state index contributed by atoms with van der Waals surface area (Å²) in [5, 5.41) is 0. The molecule has 1 heterocycles. The van der Waals surface area contributed by atoms with Crippen molar-refractivity contribution in [2.24, 2.45) is 5.41 Å². The van der Waals surface area contributed by atoms with Gasteiger partial charge in [-0.15, -0.1) is 0 Å². The summed E-state index contributed by atoms with van der Waals surface area (Å²) in [7, 11) is 2.04. The zero-order valence-corrected chi connectivity index (χ0v) is 14.7. The van der Waals surface area contributed by atoms with E-state index >= 15 is 0 Å². The lowest BCUT2D eigenvalue weighted by Crippen LogP contribution is -2.42. The van der Waals surface area contributed by atoms with Crippen molar-refractivity contribution in [2.45, 2.75) is 19.6 Å². The van der Waals surface area contributed by atoms with E-state index in [0.29, 0.717) is 32.8 Å². The summed E-state index contributed by atoms with van der Waals surface area (Å²) in [4.78, 5) is 14.6. The van der Waals surface area contributed by atoms with Crippen molar-refractivity contribution in [3.05, 3.63) is 71.8 Å². The Morgan fingerprint density at radius 2 is 1.68 bits per heavy atom. The summed E-state index contributed by atoms with van der Waals surface area (Å²) in [6.07, 6.45) is 0.708. The Balaban J connectivity index is 1.59. The van der Waals surface area contributed by atoms with E-state index in [1.807, 2.05) is 55.6 Å². The maximum atomic E-state index is 12.4. The molecule has 0 aromatic heterocycles. The number of esters is 1. The van der Waals surface area contributed by atoms with Gasteiger partial charge in [-0.05, 0) is 18.2 Å². The predicted molar refractivity (Wildman–Crippen MR) is 96.9 cm³/mol. The summed E-state index contributed by atoms with van der Waals surface area (Å²) in [6.45, 7) is 2.81. The fourth-order valence-corrected chi connectivity index (χ4v) is 3.32. The molecule has 1 aliphatic rings. The zero-order valence-electron chi connectivity index (χ0n) is 14.7. The number of cyclic esters (lactones) is 1. The predicted octanol–water partition coefficient (Wildman–Crippen LogP) is 3.27. The van der Waals surface area contributed by atoms with Crippen LogP contribution < -0.4 is 0 Å². The van der Waals surface area contributed by atoms with Gasteiger partial charge in [-0.25, -0.2) is 0 Å². The average molecular weight is 339 g/mol. The molecule has 0 radical (unpaired) electrons. The van der Waals surface area contributed by atoms with Crippen LogP contribution in [0.2, 0.25) is 0 Å². The van der Waals surface area contributed by atoms with E-state index in [1.54, 1.807) is 0 Å². The molecule has 0 bridgehead atoms. The highest BCUT2D eigenvalue weighted by Gasteiger charge is 2.45. The first-order chi connectivity index (χ1) is 12.2. The summed E-state index contributed by atoms with van der Waals surface area (Å²) >= 11 is 0. The number of ether oxygens (including phenoxy) is 2. The fraction of sp³-hybridized carbons (Fsp3) is 0.381. The lowest BCUT2D eigenvalue weighted by molar-refractivity contribution is -0.150. The Bertz CT molecular complexity index is 674. The van der Waals surface area contributed by atoms with Gasteiger partial charge in [0.05, 0.1) is 19.8 Å². The van der Waals surface area contributed by atoms with E-state index < -0.39 is 5.41 Å². The van der Waals surface area contributed by atoms with Crippen molar-refractivity contribution in [1.82, 2.24) is 4.90 Å². The Kier molecular flexibility index (Phi) is 5.84. The fourth-order valence-electron chi connectivity index (χ4n) is 3.32. The third-order valence-corrected chi connectivity index (χ3v) is 4.60. The number of hydrogen-bond donors (Lipinski definition) is 0. The van der Waals surface area contributed by atoms with Crippen molar-refractivity contribution in [1.29, 1.82) is 0 Å². The van der Waals surface area contributed by atoms with E-state index in [2.05, 4.69) is 17.0 Å². The second-order valence-corrected chi connectivity index (χ2v) is 6.80. The van der Waals surface area contributed by atoms with E-state index in [9.17, 15) is 4.79 Å². The van der Waals surface area contributed by atoms with Gasteiger partial charge in [-0.2, -0.15) is 0 Å². The molecule has 1 aliphatic heterocycles. The van der Waals surface area contributed by atoms with Gasteiger partial charge >= 0.3 is 5.97 Å². The number of nitrogens with zero attached hydrogens (tertiary/aromatic N) is 1. The lowest BCUT2D eigenvalue weighted by atomic mass is 9.86. The number of benzene rings is 2. The molecule has 1 unspecified atom stereocenters. The SMILES string of the molecule is CN(Cc1ccccc1)CC1(COCc2ccccc2)CCOC1=O. The maximum absolute atomic E-state index is 12.4. The Labute approximate surface area is 149 Å². The van der Waals surface area contributed by atoms with Gasteiger partial charge < -0.3 is 14.4 Å². The minimum atomic E-state index is -0.571. The van der Waals surface area contributed by atoms with Crippen LogP contribution in [0.15, 0.2) is 60.7 Å². The Hall–Kier alpha value is -2.17. The van der Waals surface area contributed by atoms with E-state index in [1.165, 1.54) is 5.56 Å². The molecule has 4 nitrogen and oxygen atoms in total. The highest BCUT2D eigenvalue weighted by atomic mass is 16.5. The first kappa shape index (κ1) is 17.6. The number of hydrogen-bond acceptors (Lipinski definition) is 4. The van der Waals surface area contributed by atoms with Crippen LogP contribution >= 0.6 is 0 Å². The van der Waals surface area contributed by atoms with Gasteiger partial charge in [0.15, 0.2) is 0 Å². The monoisotopic (exact) mass is 339 g/mol. The topological polar surface area (TPSA) is 38.8 Å². The van der Waals surface area contributed by atoms with Gasteiger partial charge in [-0.1, -0.05) is 60.7 Å². The molecule has 0 amide bonds. The normalized spacial score (nSPS) is 20.0. The van der Waals surface area contributed by atoms with E-state index in [-0.39, 0.29) is 5.97 Å². The summed E-state index contributed by atoms with van der Waals surface area (Å²) in [5.74, 6) is -0.138. The van der Waals surface area contributed by atoms with Crippen molar-refractivity contribution < 1.29 is 14.3 Å². The molecule has 0 aliphatic carbocycles. The minimum Gasteiger partial charge on any atom is -0.465 e. The number of rotatable bonds is 8. The molecule has 25 heavy (non-hydrogen) atoms. The van der Waals surface area contributed by atoms with Crippen LogP contribution in [0.5, 0.6) is 0 Å². The van der Waals surface area contributed by atoms with E-state index in [0.717, 1.165) is 12.1 Å². The van der Waals surface area contributed by atoms with Crippen LogP contribution in [0, 0.1) is 5.41 Å². The second-order valence-electron chi connectivity index (χ2n) is 6.80. The molecule has 2 aromatic carbocycles. The number of carbonyl (C=O) groups is 1. The Morgan fingerprint density at radius 3 is 2.28 bits per heavy atom. The molecular weight excluding hydrogens is 314 g/mol. The van der Waals surface area contributed by atoms with E-state index in [4.69, 9.17) is 9.47 Å². The van der Waals surface area contributed by atoms with Crippen LogP contribution in [0.25, 0.3) is 0 Å². The zero-order chi connectivity index (χ0) is 17.5. The first-order valence-electron chi connectivity index (χ1n) is 8.69. The van der Waals surface area contributed by atoms with Crippen LogP contribution in [-0.2, 0) is 27.4 Å². The average Bonchev–Trinajstić information content (AvgIpc) is 2.97. The third kappa shape index (κ3) is 4.68. The van der Waals surface area contributed by atoms with Crippen molar-refractivity contribution in [3.8, 4) is 0 Å². The van der Waals surface area contributed by atoms with Crippen LogP contribution in [0.3, 0.4) is 0 Å². The first-order valence-corrected chi connectivity index (χ1v) is 8.69. The highest BCUT2D eigenvalue weighted by molar-refractivity contribution is 5.79. The molecule has 3 rings (SSSR count). The minimum absolute atomic E-state index is 0.138. The molecule has 2 aromatic rings. The smallest absolute Gasteiger partial charge is 0.315 e. The summed E-state index contributed by atoms with van der Waals surface area (Å²) in [5.41, 5.74) is 1.77. The van der Waals surface area contributed by atoms with Crippen LogP contribution in [-0.4, -0.2) is 37.7 Å². The van der Waals surface area contributed by atoms with Gasteiger partial charge in [0.2, 0.25) is 0 Å². The van der Waals surface area contributed by atoms with Gasteiger partial charge in [0.25, 0.3) is 0 Å². The van der Waals surface area contributed by atoms with Crippen molar-refractivity contribution in [3.63, 3.8) is 0 Å². The molecule has 1 atom stereocenters. The van der Waals surface area contributed by atoms with Gasteiger partial charge in [0.1, 0.15) is 5.41 Å². The lowest BCUT2D eigenvalue weighted by Gasteiger charge is -2.30. The maximum Gasteiger partial charge on any atom is 0.315 e. The molecule has 0 saturated carbocycles. The largest absolute Gasteiger partial charge is 0.465 e. The highest BCUT2D eigenvalue weighted by Crippen LogP contribution is 2.32. The molecule has 1 fully saturated rings. The summed E-state index contributed by atoms with van der Waals surface area (Å²) in [6, 6.07) is 20.3. The van der Waals surface area contributed by atoms with Crippen molar-refractivity contribution in [2.75, 3.05) is 26.8 Å². The van der Waals surface area contributed by atoms with Crippen LogP contribution in [0.4, 0.5) is 0 Å². The molecule has 132 valence electrons. The van der Waals surface area contributed by atoms with Crippen LogP contribution in [0.1, 0.15) is 17.5 Å². The van der Waals surface area contributed by atoms with Gasteiger partial charge in [-0.3, -0.25) is 4.79 Å². The quantitative estimate of drug-likeness (QED) is 0.692. The third-order valence-electron chi connectivity index (χ3n) is 4.60. The van der Waals surface area contributed by atoms with Gasteiger partial charge in [0, 0.05) is 19.5 Å². The molecular formula is C21H25NO3. The van der Waals surface area contributed by atoms with Crippen molar-refractivity contribution >= 4 is 5.97 Å². The molecule has 0 spiro atoms. The second kappa shape index (κ2) is 8.28. The summed E-state index contributed by atoms with van der Waals surface area (Å²) < 4.78 is 11.2. The number of carbonyl (C=O) groups excluding carboxylic acids is 1. The molecule has 1 saturated heterocycles. The molecule has 4 heteroatoms. The molecule has 0 N–H and O–H groups in total. The Morgan fingerprint density at radius 1 is 1.04 bits per heavy atom. The standard InChI is InChI=1S/C21H25NO3/c1-22(14-18-8-4-2-5-9-18)16-21(12-13-25-20(21)23)17-24-15-19-10-6-3-7-11-19/h2-11H,12-17H2,1H3.